The van der Waals surface area contributed by atoms with Gasteiger partial charge in [-0.05, 0) is 37.3 Å². The summed E-state index contributed by atoms with van der Waals surface area (Å²) in [5.74, 6) is -3.97. The van der Waals surface area contributed by atoms with E-state index in [1.807, 2.05) is 42.2 Å². The van der Waals surface area contributed by atoms with Gasteiger partial charge in [0.1, 0.15) is 12.1 Å². The van der Waals surface area contributed by atoms with Gasteiger partial charge >= 0.3 is 5.97 Å². The number of nitrogens with two attached hydrogens (primary N) is 2. The molecule has 13 nitrogen and oxygen atoms in total. The molecule has 1 fully saturated rings. The molecule has 1 aromatic rings. The summed E-state index contributed by atoms with van der Waals surface area (Å²) in [6.45, 7) is 3.73. The fourth-order valence-corrected chi connectivity index (χ4v) is 4.70. The van der Waals surface area contributed by atoms with Crippen LogP contribution in [0.15, 0.2) is 30.3 Å². The van der Waals surface area contributed by atoms with Crippen LogP contribution in [0.25, 0.3) is 0 Å². The van der Waals surface area contributed by atoms with E-state index in [1.165, 1.54) is 0 Å². The van der Waals surface area contributed by atoms with Crippen LogP contribution < -0.4 is 27.4 Å². The molecule has 1 aliphatic rings. The van der Waals surface area contributed by atoms with Crippen molar-refractivity contribution in [3.63, 3.8) is 0 Å². The molecule has 1 aliphatic heterocycles. The minimum absolute atomic E-state index is 0.295. The predicted molar refractivity (Wildman–Crippen MR) is 146 cm³/mol. The molecular formula is C27H42N6O7. The van der Waals surface area contributed by atoms with E-state index in [0.29, 0.717) is 32.4 Å². The minimum atomic E-state index is -1.48. The van der Waals surface area contributed by atoms with Crippen LogP contribution >= 0.6 is 0 Å². The van der Waals surface area contributed by atoms with Gasteiger partial charge in [-0.25, -0.2) is 4.79 Å². The van der Waals surface area contributed by atoms with Crippen LogP contribution in [0.5, 0.6) is 0 Å². The number of likely N-dealkylation sites (tertiary alicyclic amines) is 1. The maximum atomic E-state index is 13.4. The SMILES string of the molecule is CC[C@H](C)[C@H](NC(=O)[C@@H]1CCCN1CC(Cc1ccccc1)NC(=O)[C@@H](N)CC(N)=O)C(=O)N[C@@H](CO)C(=O)O. The molecule has 1 aromatic carbocycles. The monoisotopic (exact) mass is 562 g/mol. The molecule has 40 heavy (non-hydrogen) atoms. The van der Waals surface area contributed by atoms with Crippen molar-refractivity contribution in [3.8, 4) is 0 Å². The number of benzene rings is 1. The van der Waals surface area contributed by atoms with Crippen molar-refractivity contribution >= 4 is 29.6 Å². The Bertz CT molecular complexity index is 1020. The summed E-state index contributed by atoms with van der Waals surface area (Å²) in [6, 6.07) is 4.88. The number of primary amides is 1. The molecule has 0 radical (unpaired) electrons. The highest BCUT2D eigenvalue weighted by atomic mass is 16.4. The van der Waals surface area contributed by atoms with Crippen LogP contribution in [0.3, 0.4) is 0 Å². The van der Waals surface area contributed by atoms with Gasteiger partial charge < -0.3 is 37.6 Å². The number of aliphatic carboxylic acids is 1. The first-order valence-corrected chi connectivity index (χ1v) is 13.5. The van der Waals surface area contributed by atoms with E-state index in [1.54, 1.807) is 6.92 Å². The molecule has 9 N–H and O–H groups in total. The van der Waals surface area contributed by atoms with Crippen molar-refractivity contribution in [2.75, 3.05) is 19.7 Å². The zero-order chi connectivity index (χ0) is 29.8. The number of nitrogens with one attached hydrogen (secondary N) is 3. The third kappa shape index (κ3) is 9.88. The summed E-state index contributed by atoms with van der Waals surface area (Å²) >= 11 is 0. The van der Waals surface area contributed by atoms with Crippen LogP contribution in [0.2, 0.25) is 0 Å². The third-order valence-electron chi connectivity index (χ3n) is 7.14. The average molecular weight is 563 g/mol. The zero-order valence-corrected chi connectivity index (χ0v) is 23.0. The van der Waals surface area contributed by atoms with Crippen LogP contribution in [0.1, 0.15) is 45.1 Å². The van der Waals surface area contributed by atoms with Gasteiger partial charge in [-0.15, -0.1) is 0 Å². The van der Waals surface area contributed by atoms with E-state index in [9.17, 15) is 34.2 Å². The molecule has 222 valence electrons. The lowest BCUT2D eigenvalue weighted by molar-refractivity contribution is -0.143. The van der Waals surface area contributed by atoms with Crippen molar-refractivity contribution in [2.24, 2.45) is 17.4 Å². The molecule has 0 bridgehead atoms. The molecule has 13 heteroatoms. The number of carboxylic acid groups (broad SMARTS) is 1. The molecule has 6 atom stereocenters. The number of carbonyl (C=O) groups excluding carboxylic acids is 4. The summed E-state index contributed by atoms with van der Waals surface area (Å²) in [6.07, 6.45) is 1.95. The summed E-state index contributed by atoms with van der Waals surface area (Å²) in [7, 11) is 0. The van der Waals surface area contributed by atoms with Gasteiger partial charge in [-0.3, -0.25) is 24.1 Å². The highest BCUT2D eigenvalue weighted by Gasteiger charge is 2.36. The second-order valence-corrected chi connectivity index (χ2v) is 10.3. The van der Waals surface area contributed by atoms with Gasteiger partial charge in [0.05, 0.1) is 25.1 Å². The maximum Gasteiger partial charge on any atom is 0.328 e. The smallest absolute Gasteiger partial charge is 0.328 e. The molecule has 1 heterocycles. The third-order valence-corrected chi connectivity index (χ3v) is 7.14. The molecule has 0 spiro atoms. The summed E-state index contributed by atoms with van der Waals surface area (Å²) in [5, 5.41) is 26.4. The summed E-state index contributed by atoms with van der Waals surface area (Å²) in [5.41, 5.74) is 12.0. The van der Waals surface area contributed by atoms with Gasteiger partial charge in [0.25, 0.3) is 0 Å². The highest BCUT2D eigenvalue weighted by Crippen LogP contribution is 2.20. The van der Waals surface area contributed by atoms with Crippen molar-refractivity contribution in [1.82, 2.24) is 20.9 Å². The molecule has 4 amide bonds. The van der Waals surface area contributed by atoms with Crippen LogP contribution in [0, 0.1) is 5.92 Å². The molecule has 1 saturated heterocycles. The Morgan fingerprint density at radius 2 is 1.75 bits per heavy atom. The highest BCUT2D eigenvalue weighted by molar-refractivity contribution is 5.92. The molecule has 0 saturated carbocycles. The molecule has 0 aliphatic carbocycles. The Labute approximate surface area is 234 Å². The minimum Gasteiger partial charge on any atom is -0.480 e. The van der Waals surface area contributed by atoms with E-state index >= 15 is 0 Å². The number of rotatable bonds is 16. The van der Waals surface area contributed by atoms with E-state index in [0.717, 1.165) is 12.0 Å². The van der Waals surface area contributed by atoms with Gasteiger partial charge in [0.15, 0.2) is 0 Å². The van der Waals surface area contributed by atoms with Crippen molar-refractivity contribution in [1.29, 1.82) is 0 Å². The first-order chi connectivity index (χ1) is 19.0. The predicted octanol–water partition coefficient (Wildman–Crippen LogP) is -1.53. The number of nitrogens with zero attached hydrogens (tertiary/aromatic N) is 1. The Kier molecular flexibility index (Phi) is 13.0. The fourth-order valence-electron chi connectivity index (χ4n) is 4.70. The van der Waals surface area contributed by atoms with Gasteiger partial charge in [0.2, 0.25) is 23.6 Å². The summed E-state index contributed by atoms with van der Waals surface area (Å²) < 4.78 is 0. The average Bonchev–Trinajstić information content (AvgIpc) is 3.37. The van der Waals surface area contributed by atoms with Crippen molar-refractivity contribution in [2.45, 2.75) is 76.2 Å². The van der Waals surface area contributed by atoms with E-state index in [2.05, 4.69) is 16.0 Å². The topological polar surface area (TPSA) is 217 Å². The lowest BCUT2D eigenvalue weighted by atomic mass is 9.97. The zero-order valence-electron chi connectivity index (χ0n) is 23.0. The number of aliphatic hydroxyl groups excluding tert-OH is 1. The largest absolute Gasteiger partial charge is 0.480 e. The first-order valence-electron chi connectivity index (χ1n) is 13.5. The second-order valence-electron chi connectivity index (χ2n) is 10.3. The number of amides is 4. The fraction of sp³-hybridized carbons (Fsp3) is 0.593. The number of hydrogen-bond acceptors (Lipinski definition) is 8. The van der Waals surface area contributed by atoms with E-state index in [-0.39, 0.29) is 18.2 Å². The van der Waals surface area contributed by atoms with Crippen LogP contribution in [0.4, 0.5) is 0 Å². The number of aliphatic hydroxyl groups is 1. The lowest BCUT2D eigenvalue weighted by Crippen LogP contribution is -2.58. The number of carboxylic acids is 1. The van der Waals surface area contributed by atoms with Crippen molar-refractivity contribution in [3.05, 3.63) is 35.9 Å². The molecule has 1 unspecified atom stereocenters. The molecular weight excluding hydrogens is 520 g/mol. The van der Waals surface area contributed by atoms with E-state index in [4.69, 9.17) is 11.5 Å². The van der Waals surface area contributed by atoms with Crippen molar-refractivity contribution < 1.29 is 34.2 Å². The normalized spacial score (nSPS) is 19.1. The maximum absolute atomic E-state index is 13.4. The van der Waals surface area contributed by atoms with Crippen LogP contribution in [-0.2, 0) is 30.4 Å². The van der Waals surface area contributed by atoms with Gasteiger partial charge in [-0.2, -0.15) is 0 Å². The lowest BCUT2D eigenvalue weighted by Gasteiger charge is -2.31. The number of hydrogen-bond donors (Lipinski definition) is 7. The van der Waals surface area contributed by atoms with Gasteiger partial charge in [-0.1, -0.05) is 50.6 Å². The Morgan fingerprint density at radius 1 is 1.07 bits per heavy atom. The van der Waals surface area contributed by atoms with Gasteiger partial charge in [0, 0.05) is 12.6 Å². The number of carbonyl (C=O) groups is 5. The Balaban J connectivity index is 2.17. The second kappa shape index (κ2) is 15.9. The quantitative estimate of drug-likeness (QED) is 0.124. The Hall–Kier alpha value is -3.55. The summed E-state index contributed by atoms with van der Waals surface area (Å²) in [4.78, 5) is 63.5. The van der Waals surface area contributed by atoms with Crippen LogP contribution in [-0.4, -0.2) is 94.6 Å². The standard InChI is InChI=1S/C27H42N6O7/c1-3-16(2)23(26(38)31-20(15-34)27(39)40)32-25(37)21-10-7-11-33(21)14-18(12-17-8-5-4-6-9-17)30-24(36)19(28)13-22(29)35/h4-6,8-9,16,18-21,23,34H,3,7,10-15,28H2,1-2H3,(H2,29,35)(H,30,36)(H,31,38)(H,32,37)(H,39,40)/t16-,18?,19-,20-,21-,23-/m0/s1. The van der Waals surface area contributed by atoms with E-state index < -0.39 is 60.5 Å². The molecule has 0 aromatic heterocycles. The molecule has 2 rings (SSSR count). The first kappa shape index (κ1) is 32.7. The Morgan fingerprint density at radius 3 is 2.33 bits per heavy atom.